The number of hydrogen-bond donors (Lipinski definition) is 3. The minimum Gasteiger partial charge on any atom is -0.364 e. The standard InChI is InChI=1S/C18H16FN5O2/c1-10-7-12(5-6-14(10)19)11-3-2-4-13(8-11)24-9-15(22-18(21)26)16(23-24)17(20)25/h2-9H,1H3,(H2,20,25)(H3,21,22,26). The number of carbonyl (C=O) groups is 2. The van der Waals surface area contributed by atoms with Gasteiger partial charge in [0.2, 0.25) is 0 Å². The van der Waals surface area contributed by atoms with Gasteiger partial charge in [0.15, 0.2) is 5.69 Å². The van der Waals surface area contributed by atoms with Gasteiger partial charge >= 0.3 is 6.03 Å². The highest BCUT2D eigenvalue weighted by atomic mass is 19.1. The lowest BCUT2D eigenvalue weighted by molar-refractivity contribution is 0.0996. The molecule has 0 spiro atoms. The van der Waals surface area contributed by atoms with Crippen molar-refractivity contribution < 1.29 is 14.0 Å². The smallest absolute Gasteiger partial charge is 0.316 e. The number of aromatic nitrogens is 2. The Labute approximate surface area is 148 Å². The Hall–Kier alpha value is -3.68. The van der Waals surface area contributed by atoms with Crippen LogP contribution in [0.2, 0.25) is 0 Å². The maximum Gasteiger partial charge on any atom is 0.316 e. The largest absolute Gasteiger partial charge is 0.364 e. The summed E-state index contributed by atoms with van der Waals surface area (Å²) in [4.78, 5) is 22.6. The van der Waals surface area contributed by atoms with Gasteiger partial charge in [-0.25, -0.2) is 13.9 Å². The summed E-state index contributed by atoms with van der Waals surface area (Å²) in [6.45, 7) is 1.69. The van der Waals surface area contributed by atoms with E-state index in [1.54, 1.807) is 31.2 Å². The fraction of sp³-hybridized carbons (Fsp3) is 0.0556. The van der Waals surface area contributed by atoms with E-state index in [0.717, 1.165) is 11.1 Å². The third kappa shape index (κ3) is 3.39. The second kappa shape index (κ2) is 6.67. The van der Waals surface area contributed by atoms with Crippen molar-refractivity contribution in [3.05, 3.63) is 65.7 Å². The molecular weight excluding hydrogens is 337 g/mol. The van der Waals surface area contributed by atoms with Crippen LogP contribution in [-0.4, -0.2) is 21.7 Å². The van der Waals surface area contributed by atoms with Gasteiger partial charge in [0, 0.05) is 0 Å². The molecule has 26 heavy (non-hydrogen) atoms. The van der Waals surface area contributed by atoms with Gasteiger partial charge in [-0.3, -0.25) is 4.79 Å². The molecule has 2 aromatic carbocycles. The number of anilines is 1. The quantitative estimate of drug-likeness (QED) is 0.669. The van der Waals surface area contributed by atoms with E-state index in [1.165, 1.54) is 16.9 Å². The Balaban J connectivity index is 2.04. The number of nitrogens with two attached hydrogens (primary N) is 2. The number of rotatable bonds is 4. The van der Waals surface area contributed by atoms with Crippen molar-refractivity contribution in [1.82, 2.24) is 9.78 Å². The van der Waals surface area contributed by atoms with E-state index in [9.17, 15) is 14.0 Å². The molecule has 3 amide bonds. The average molecular weight is 353 g/mol. The molecular formula is C18H16FN5O2. The summed E-state index contributed by atoms with van der Waals surface area (Å²) in [5.41, 5.74) is 13.2. The molecule has 1 aromatic heterocycles. The molecule has 7 nitrogen and oxygen atoms in total. The van der Waals surface area contributed by atoms with Gasteiger partial charge < -0.3 is 16.8 Å². The summed E-state index contributed by atoms with van der Waals surface area (Å²) in [5, 5.41) is 6.43. The average Bonchev–Trinajstić information content (AvgIpc) is 3.01. The van der Waals surface area contributed by atoms with Crippen LogP contribution in [0.3, 0.4) is 0 Å². The van der Waals surface area contributed by atoms with Crippen molar-refractivity contribution in [2.24, 2.45) is 11.5 Å². The minimum absolute atomic E-state index is 0.105. The molecule has 0 aliphatic carbocycles. The topological polar surface area (TPSA) is 116 Å². The number of carbonyl (C=O) groups excluding carboxylic acids is 2. The molecule has 132 valence electrons. The molecule has 1 heterocycles. The van der Waals surface area contributed by atoms with E-state index in [4.69, 9.17) is 11.5 Å². The molecule has 0 aliphatic rings. The fourth-order valence-corrected chi connectivity index (χ4v) is 2.56. The van der Waals surface area contributed by atoms with Crippen LogP contribution in [0.15, 0.2) is 48.7 Å². The Kier molecular flexibility index (Phi) is 4.40. The lowest BCUT2D eigenvalue weighted by Gasteiger charge is -2.07. The highest BCUT2D eigenvalue weighted by molar-refractivity contribution is 6.00. The van der Waals surface area contributed by atoms with Gasteiger partial charge in [-0.05, 0) is 47.9 Å². The minimum atomic E-state index is -0.831. The van der Waals surface area contributed by atoms with Gasteiger partial charge in [-0.2, -0.15) is 5.10 Å². The lowest BCUT2D eigenvalue weighted by atomic mass is 10.0. The summed E-state index contributed by atoms with van der Waals surface area (Å²) >= 11 is 0. The normalized spacial score (nSPS) is 10.5. The van der Waals surface area contributed by atoms with E-state index in [0.29, 0.717) is 11.3 Å². The van der Waals surface area contributed by atoms with Crippen LogP contribution in [0.5, 0.6) is 0 Å². The van der Waals surface area contributed by atoms with Gasteiger partial charge in [-0.15, -0.1) is 0 Å². The fourth-order valence-electron chi connectivity index (χ4n) is 2.56. The maximum atomic E-state index is 13.5. The number of aryl methyl sites for hydroxylation is 1. The van der Waals surface area contributed by atoms with E-state index < -0.39 is 11.9 Å². The molecule has 0 fully saturated rings. The number of amides is 3. The summed E-state index contributed by atoms with van der Waals surface area (Å²) in [6, 6.07) is 11.3. The van der Waals surface area contributed by atoms with Crippen LogP contribution in [0.1, 0.15) is 16.1 Å². The SMILES string of the molecule is Cc1cc(-c2cccc(-n3cc(NC(N)=O)c(C(N)=O)n3)c2)ccc1F. The molecule has 3 rings (SSSR count). The Morgan fingerprint density at radius 1 is 1.12 bits per heavy atom. The van der Waals surface area contributed by atoms with Crippen LogP contribution in [-0.2, 0) is 0 Å². The first-order valence-electron chi connectivity index (χ1n) is 7.68. The number of nitrogens with one attached hydrogen (secondary N) is 1. The van der Waals surface area contributed by atoms with Gasteiger partial charge in [0.25, 0.3) is 5.91 Å². The predicted molar refractivity (Wildman–Crippen MR) is 95.4 cm³/mol. The van der Waals surface area contributed by atoms with E-state index in [2.05, 4.69) is 10.4 Å². The van der Waals surface area contributed by atoms with Crippen molar-refractivity contribution in [2.45, 2.75) is 6.92 Å². The molecule has 0 saturated carbocycles. The van der Waals surface area contributed by atoms with E-state index >= 15 is 0 Å². The molecule has 5 N–H and O–H groups in total. The second-order valence-electron chi connectivity index (χ2n) is 5.70. The molecule has 0 bridgehead atoms. The molecule has 0 aliphatic heterocycles. The molecule has 0 unspecified atom stereocenters. The van der Waals surface area contributed by atoms with Crippen molar-refractivity contribution in [2.75, 3.05) is 5.32 Å². The van der Waals surface area contributed by atoms with Crippen LogP contribution in [0.4, 0.5) is 14.9 Å². The number of hydrogen-bond acceptors (Lipinski definition) is 3. The van der Waals surface area contributed by atoms with Gasteiger partial charge in [0.05, 0.1) is 17.6 Å². The van der Waals surface area contributed by atoms with Crippen molar-refractivity contribution in [1.29, 1.82) is 0 Å². The predicted octanol–water partition coefficient (Wildman–Crippen LogP) is 2.58. The zero-order chi connectivity index (χ0) is 18.8. The third-order valence-electron chi connectivity index (χ3n) is 3.81. The first kappa shape index (κ1) is 17.2. The zero-order valence-corrected chi connectivity index (χ0v) is 13.9. The second-order valence-corrected chi connectivity index (χ2v) is 5.70. The maximum absolute atomic E-state index is 13.5. The van der Waals surface area contributed by atoms with Crippen LogP contribution in [0, 0.1) is 12.7 Å². The first-order chi connectivity index (χ1) is 12.3. The van der Waals surface area contributed by atoms with E-state index in [-0.39, 0.29) is 17.2 Å². The highest BCUT2D eigenvalue weighted by Gasteiger charge is 2.16. The van der Waals surface area contributed by atoms with Crippen LogP contribution in [0.25, 0.3) is 16.8 Å². The Morgan fingerprint density at radius 2 is 1.85 bits per heavy atom. The number of benzene rings is 2. The van der Waals surface area contributed by atoms with Gasteiger partial charge in [0.1, 0.15) is 5.82 Å². The van der Waals surface area contributed by atoms with Crippen LogP contribution < -0.4 is 16.8 Å². The molecule has 0 radical (unpaired) electrons. The molecule has 0 atom stereocenters. The van der Waals surface area contributed by atoms with E-state index in [1.807, 2.05) is 12.1 Å². The zero-order valence-electron chi connectivity index (χ0n) is 13.9. The highest BCUT2D eigenvalue weighted by Crippen LogP contribution is 2.25. The lowest BCUT2D eigenvalue weighted by Crippen LogP contribution is -2.22. The summed E-state index contributed by atoms with van der Waals surface area (Å²) in [7, 11) is 0. The number of halogens is 1. The van der Waals surface area contributed by atoms with Gasteiger partial charge in [-0.1, -0.05) is 18.2 Å². The van der Waals surface area contributed by atoms with Crippen molar-refractivity contribution >= 4 is 17.6 Å². The van der Waals surface area contributed by atoms with Crippen molar-refractivity contribution in [3.63, 3.8) is 0 Å². The summed E-state index contributed by atoms with van der Waals surface area (Å²) < 4.78 is 14.9. The summed E-state index contributed by atoms with van der Waals surface area (Å²) in [5.74, 6) is -1.07. The van der Waals surface area contributed by atoms with Crippen molar-refractivity contribution in [3.8, 4) is 16.8 Å². The Morgan fingerprint density at radius 3 is 2.50 bits per heavy atom. The first-order valence-corrected chi connectivity index (χ1v) is 7.68. The number of primary amides is 2. The number of nitrogens with zero attached hydrogens (tertiary/aromatic N) is 2. The monoisotopic (exact) mass is 353 g/mol. The Bertz CT molecular complexity index is 1010. The summed E-state index contributed by atoms with van der Waals surface area (Å²) in [6.07, 6.45) is 1.44. The number of urea groups is 1. The van der Waals surface area contributed by atoms with Crippen LogP contribution >= 0.6 is 0 Å². The molecule has 8 heteroatoms. The molecule has 3 aromatic rings. The third-order valence-corrected chi connectivity index (χ3v) is 3.81. The molecule has 0 saturated heterocycles.